The average molecular weight is 234 g/mol. The van der Waals surface area contributed by atoms with E-state index in [4.69, 9.17) is 5.73 Å². The number of hydrogen-bond donors (Lipinski definition) is 1. The minimum absolute atomic E-state index is 0.143. The fourth-order valence-corrected chi connectivity index (χ4v) is 4.30. The van der Waals surface area contributed by atoms with Crippen molar-refractivity contribution in [3.05, 3.63) is 0 Å². The zero-order valence-corrected chi connectivity index (χ0v) is 10.3. The van der Waals surface area contributed by atoms with Crippen molar-refractivity contribution in [2.45, 2.75) is 44.3 Å². The number of nitrogens with zero attached hydrogens (tertiary/aromatic N) is 1. The number of nitrogens with two attached hydrogens (primary N) is 1. The average Bonchev–Trinajstić information content (AvgIpc) is 2.70. The van der Waals surface area contributed by atoms with Crippen LogP contribution >= 0.6 is 0 Å². The maximum absolute atomic E-state index is 12.2. The molecule has 0 amide bonds. The zero-order chi connectivity index (χ0) is 11.3. The van der Waals surface area contributed by atoms with Gasteiger partial charge in [-0.1, -0.05) is 19.8 Å². The highest BCUT2D eigenvalue weighted by Gasteiger charge is 2.33. The van der Waals surface area contributed by atoms with Gasteiger partial charge in [-0.05, 0) is 19.3 Å². The molecule has 0 heterocycles. The largest absolute Gasteiger partial charge is 0.329 e. The van der Waals surface area contributed by atoms with Gasteiger partial charge in [0.2, 0.25) is 10.0 Å². The summed E-state index contributed by atoms with van der Waals surface area (Å²) in [5.74, 6) is 0. The lowest BCUT2D eigenvalue weighted by Gasteiger charge is -2.24. The van der Waals surface area contributed by atoms with Gasteiger partial charge in [-0.3, -0.25) is 0 Å². The molecular formula is C10H22N2O2S. The molecule has 0 spiro atoms. The van der Waals surface area contributed by atoms with E-state index in [9.17, 15) is 8.42 Å². The second kappa shape index (κ2) is 5.82. The van der Waals surface area contributed by atoms with Crippen molar-refractivity contribution in [1.29, 1.82) is 0 Å². The van der Waals surface area contributed by atoms with Crippen LogP contribution in [0.1, 0.15) is 39.0 Å². The minimum atomic E-state index is -3.07. The first-order valence-corrected chi connectivity index (χ1v) is 7.32. The van der Waals surface area contributed by atoms with Crippen molar-refractivity contribution in [3.63, 3.8) is 0 Å². The van der Waals surface area contributed by atoms with Crippen LogP contribution in [0.4, 0.5) is 0 Å². The molecule has 1 aliphatic carbocycles. The van der Waals surface area contributed by atoms with E-state index in [0.717, 1.165) is 32.1 Å². The molecular weight excluding hydrogens is 212 g/mol. The summed E-state index contributed by atoms with van der Waals surface area (Å²) in [6.07, 6.45) is 4.60. The second-order valence-corrected chi connectivity index (χ2v) is 6.35. The highest BCUT2D eigenvalue weighted by atomic mass is 32.2. The number of sulfonamides is 1. The zero-order valence-electron chi connectivity index (χ0n) is 9.48. The fraction of sp³-hybridized carbons (Fsp3) is 1.00. The molecule has 4 nitrogen and oxygen atoms in total. The minimum Gasteiger partial charge on any atom is -0.329 e. The quantitative estimate of drug-likeness (QED) is 0.743. The lowest BCUT2D eigenvalue weighted by Crippen LogP contribution is -2.41. The standard InChI is InChI=1S/C10H22N2O2S/c1-2-8-12(9-7-11)15(13,14)10-5-3-4-6-10/h10H,2-9,11H2,1H3. The van der Waals surface area contributed by atoms with Crippen molar-refractivity contribution in [2.75, 3.05) is 19.6 Å². The molecule has 0 radical (unpaired) electrons. The van der Waals surface area contributed by atoms with Gasteiger partial charge in [0.1, 0.15) is 0 Å². The van der Waals surface area contributed by atoms with Crippen LogP contribution in [0.5, 0.6) is 0 Å². The first-order chi connectivity index (χ1) is 7.12. The van der Waals surface area contributed by atoms with Crippen molar-refractivity contribution in [1.82, 2.24) is 4.31 Å². The SMILES string of the molecule is CCCN(CCN)S(=O)(=O)C1CCCC1. The molecule has 15 heavy (non-hydrogen) atoms. The Morgan fingerprint density at radius 3 is 2.33 bits per heavy atom. The molecule has 0 atom stereocenters. The first kappa shape index (κ1) is 12.9. The van der Waals surface area contributed by atoms with Crippen LogP contribution in [0, 0.1) is 0 Å². The molecule has 2 N–H and O–H groups in total. The third-order valence-electron chi connectivity index (χ3n) is 2.93. The lowest BCUT2D eigenvalue weighted by molar-refractivity contribution is 0.409. The summed E-state index contributed by atoms with van der Waals surface area (Å²) >= 11 is 0. The van der Waals surface area contributed by atoms with E-state index in [-0.39, 0.29) is 5.25 Å². The van der Waals surface area contributed by atoms with Gasteiger partial charge in [-0.2, -0.15) is 0 Å². The molecule has 1 rings (SSSR count). The van der Waals surface area contributed by atoms with Crippen LogP contribution in [0.2, 0.25) is 0 Å². The Morgan fingerprint density at radius 2 is 1.87 bits per heavy atom. The van der Waals surface area contributed by atoms with Crippen LogP contribution in [0.15, 0.2) is 0 Å². The predicted molar refractivity (Wildman–Crippen MR) is 62.1 cm³/mol. The summed E-state index contributed by atoms with van der Waals surface area (Å²) in [7, 11) is -3.07. The third kappa shape index (κ3) is 3.16. The molecule has 1 fully saturated rings. The Morgan fingerprint density at radius 1 is 1.27 bits per heavy atom. The van der Waals surface area contributed by atoms with Crippen molar-refractivity contribution < 1.29 is 8.42 Å². The highest BCUT2D eigenvalue weighted by Crippen LogP contribution is 2.26. The molecule has 0 unspecified atom stereocenters. The van der Waals surface area contributed by atoms with E-state index in [1.54, 1.807) is 4.31 Å². The maximum atomic E-state index is 12.2. The highest BCUT2D eigenvalue weighted by molar-refractivity contribution is 7.89. The summed E-state index contributed by atoms with van der Waals surface area (Å²) < 4.78 is 25.9. The summed E-state index contributed by atoms with van der Waals surface area (Å²) in [4.78, 5) is 0. The van der Waals surface area contributed by atoms with Crippen molar-refractivity contribution in [3.8, 4) is 0 Å². The Labute approximate surface area is 92.9 Å². The lowest BCUT2D eigenvalue weighted by atomic mass is 10.4. The summed E-state index contributed by atoms with van der Waals surface area (Å²) in [5, 5.41) is -0.143. The smallest absolute Gasteiger partial charge is 0.217 e. The summed E-state index contributed by atoms with van der Waals surface area (Å²) in [6, 6.07) is 0. The van der Waals surface area contributed by atoms with E-state index in [1.165, 1.54) is 0 Å². The van der Waals surface area contributed by atoms with Crippen LogP contribution in [0.3, 0.4) is 0 Å². The summed E-state index contributed by atoms with van der Waals surface area (Å²) in [5.41, 5.74) is 5.45. The van der Waals surface area contributed by atoms with E-state index < -0.39 is 10.0 Å². The van der Waals surface area contributed by atoms with Gasteiger partial charge in [-0.25, -0.2) is 12.7 Å². The van der Waals surface area contributed by atoms with Crippen LogP contribution in [-0.2, 0) is 10.0 Å². The Kier molecular flexibility index (Phi) is 5.02. The van der Waals surface area contributed by atoms with Gasteiger partial charge in [0.05, 0.1) is 5.25 Å². The second-order valence-electron chi connectivity index (χ2n) is 4.14. The van der Waals surface area contributed by atoms with Gasteiger partial charge < -0.3 is 5.73 Å². The Bertz CT molecular complexity index is 265. The van der Waals surface area contributed by atoms with Crippen LogP contribution in [-0.4, -0.2) is 37.6 Å². The number of hydrogen-bond acceptors (Lipinski definition) is 3. The summed E-state index contributed by atoms with van der Waals surface area (Å²) in [6.45, 7) is 3.47. The number of rotatable bonds is 6. The monoisotopic (exact) mass is 234 g/mol. The predicted octanol–water partition coefficient (Wildman–Crippen LogP) is 0.930. The van der Waals surface area contributed by atoms with Crippen molar-refractivity contribution in [2.24, 2.45) is 5.73 Å². The van der Waals surface area contributed by atoms with Gasteiger partial charge >= 0.3 is 0 Å². The Hall–Kier alpha value is -0.130. The fourth-order valence-electron chi connectivity index (χ4n) is 2.16. The molecule has 0 bridgehead atoms. The molecule has 90 valence electrons. The van der Waals surface area contributed by atoms with E-state index in [0.29, 0.717) is 19.6 Å². The van der Waals surface area contributed by atoms with E-state index >= 15 is 0 Å². The Balaban J connectivity index is 2.70. The van der Waals surface area contributed by atoms with E-state index in [1.807, 2.05) is 6.92 Å². The third-order valence-corrected chi connectivity index (χ3v) is 5.33. The molecule has 0 aromatic heterocycles. The van der Waals surface area contributed by atoms with Crippen LogP contribution in [0.25, 0.3) is 0 Å². The molecule has 5 heteroatoms. The normalized spacial score (nSPS) is 18.9. The van der Waals surface area contributed by atoms with Gasteiger partial charge in [0, 0.05) is 19.6 Å². The molecule has 0 saturated heterocycles. The van der Waals surface area contributed by atoms with Crippen LogP contribution < -0.4 is 5.73 Å². The molecule has 1 aliphatic rings. The van der Waals surface area contributed by atoms with Gasteiger partial charge in [0.25, 0.3) is 0 Å². The topological polar surface area (TPSA) is 63.4 Å². The van der Waals surface area contributed by atoms with Gasteiger partial charge in [0.15, 0.2) is 0 Å². The first-order valence-electron chi connectivity index (χ1n) is 5.82. The maximum Gasteiger partial charge on any atom is 0.217 e. The van der Waals surface area contributed by atoms with Gasteiger partial charge in [-0.15, -0.1) is 0 Å². The molecule has 0 aliphatic heterocycles. The molecule has 0 aromatic carbocycles. The molecule has 0 aromatic rings. The van der Waals surface area contributed by atoms with Crippen molar-refractivity contribution >= 4 is 10.0 Å². The van der Waals surface area contributed by atoms with E-state index in [2.05, 4.69) is 0 Å². The molecule has 1 saturated carbocycles.